The van der Waals surface area contributed by atoms with Crippen molar-refractivity contribution in [3.8, 4) is 0 Å². The second-order valence-corrected chi connectivity index (χ2v) is 6.62. The van der Waals surface area contributed by atoms with Crippen LogP contribution in [0.15, 0.2) is 47.1 Å². The molecule has 2 heterocycles. The molecule has 3 aromatic rings. The van der Waals surface area contributed by atoms with E-state index in [0.29, 0.717) is 29.1 Å². The lowest BCUT2D eigenvalue weighted by atomic mass is 9.86. The van der Waals surface area contributed by atoms with E-state index in [-0.39, 0.29) is 40.5 Å². The predicted molar refractivity (Wildman–Crippen MR) is 135 cm³/mol. The average Bonchev–Trinajstić information content (AvgIpc) is 3.11. The number of nitrogens with two attached hydrogens (primary N) is 1. The molecule has 0 spiro atoms. The quantitative estimate of drug-likeness (QED) is 0.528. The first-order chi connectivity index (χ1) is 13.3. The summed E-state index contributed by atoms with van der Waals surface area (Å²) in [4.78, 5) is 8.50. The van der Waals surface area contributed by atoms with Crippen LogP contribution in [0.3, 0.4) is 0 Å². The molecule has 31 heavy (non-hydrogen) atoms. The molecule has 0 radical (unpaired) electrons. The summed E-state index contributed by atoms with van der Waals surface area (Å²) in [7, 11) is 1.50. The Morgan fingerprint density at radius 1 is 1.16 bits per heavy atom. The van der Waals surface area contributed by atoms with Gasteiger partial charge in [-0.15, -0.1) is 0 Å². The maximum absolute atomic E-state index is 13.2. The Kier molecular flexibility index (Phi) is 15.3. The Morgan fingerprint density at radius 3 is 2.52 bits per heavy atom. The third-order valence-corrected chi connectivity index (χ3v) is 4.78. The highest BCUT2D eigenvalue weighted by molar-refractivity contribution is 7.59. The fourth-order valence-corrected chi connectivity index (χ4v) is 3.38. The van der Waals surface area contributed by atoms with Crippen LogP contribution in [0.5, 0.6) is 0 Å². The molecule has 10 heteroatoms. The standard InChI is InChI=1S/C19H21FN4O.CH5N.CH4.2H2O.H2S.2H2/c20-14-5-8-17-18(10-14)25-19(24-17)23-15-6-3-13(4-7-15)11-22-16-2-1-9-21-12-16;1-2;;;;;;/h1-2,5,8-10,12-13,15,22H,3-4,6-7,11H2,(H,23,24);2H2,1H3;1H4;3*1H2;2*1H. The van der Waals surface area contributed by atoms with Gasteiger partial charge in [-0.05, 0) is 62.9 Å². The van der Waals surface area contributed by atoms with Gasteiger partial charge in [-0.3, -0.25) is 4.98 Å². The van der Waals surface area contributed by atoms with Crippen LogP contribution in [-0.2, 0) is 0 Å². The SMILES string of the molecule is C.CN.Fc1ccc2nc(NC3CCC(CNc4cccnc4)CC3)oc2c1.O.O.S.[HH].[HH]. The van der Waals surface area contributed by atoms with Gasteiger partial charge in [0.15, 0.2) is 5.58 Å². The van der Waals surface area contributed by atoms with E-state index < -0.39 is 0 Å². The molecule has 4 rings (SSSR count). The van der Waals surface area contributed by atoms with Crippen LogP contribution in [0.2, 0.25) is 0 Å². The summed E-state index contributed by atoms with van der Waals surface area (Å²) in [5, 5.41) is 6.81. The zero-order chi connectivity index (χ0) is 19.1. The van der Waals surface area contributed by atoms with Crippen molar-refractivity contribution in [3.05, 3.63) is 48.5 Å². The van der Waals surface area contributed by atoms with Gasteiger partial charge >= 0.3 is 0 Å². The van der Waals surface area contributed by atoms with Gasteiger partial charge in [0.2, 0.25) is 0 Å². The van der Waals surface area contributed by atoms with Crippen molar-refractivity contribution < 1.29 is 22.6 Å². The highest BCUT2D eigenvalue weighted by atomic mass is 32.1. The van der Waals surface area contributed by atoms with Gasteiger partial charge in [-0.25, -0.2) is 4.39 Å². The van der Waals surface area contributed by atoms with Crippen LogP contribution < -0.4 is 16.4 Å². The fraction of sp³-hybridized carbons (Fsp3) is 0.429. The second-order valence-electron chi connectivity index (χ2n) is 6.62. The molecule has 1 aromatic carbocycles. The number of anilines is 2. The Bertz CT molecular complexity index is 856. The van der Waals surface area contributed by atoms with Crippen LogP contribution in [0, 0.1) is 11.7 Å². The largest absolute Gasteiger partial charge is 0.423 e. The van der Waals surface area contributed by atoms with Crippen molar-refractivity contribution in [1.82, 2.24) is 9.97 Å². The van der Waals surface area contributed by atoms with Gasteiger partial charge in [-0.2, -0.15) is 18.5 Å². The van der Waals surface area contributed by atoms with Crippen molar-refractivity contribution in [2.75, 3.05) is 24.2 Å². The normalized spacial score (nSPS) is 16.7. The Hall–Kier alpha value is -2.40. The van der Waals surface area contributed by atoms with E-state index in [0.717, 1.165) is 37.9 Å². The van der Waals surface area contributed by atoms with E-state index in [2.05, 4.69) is 26.3 Å². The van der Waals surface area contributed by atoms with E-state index in [9.17, 15) is 4.39 Å². The molecule has 8 nitrogen and oxygen atoms in total. The lowest BCUT2D eigenvalue weighted by Crippen LogP contribution is -2.29. The number of fused-ring (bicyclic) bond motifs is 1. The second kappa shape index (κ2) is 15.4. The summed E-state index contributed by atoms with van der Waals surface area (Å²) >= 11 is 0. The van der Waals surface area contributed by atoms with Gasteiger partial charge in [0.05, 0.1) is 5.69 Å². The van der Waals surface area contributed by atoms with Crippen LogP contribution in [0.25, 0.3) is 11.1 Å². The molecule has 0 saturated heterocycles. The third-order valence-electron chi connectivity index (χ3n) is 4.78. The number of oxazole rings is 1. The topological polar surface area (TPSA) is 152 Å². The number of pyridine rings is 1. The minimum Gasteiger partial charge on any atom is -0.423 e. The molecule has 1 aliphatic rings. The molecule has 1 aliphatic carbocycles. The smallest absolute Gasteiger partial charge is 0.295 e. The Morgan fingerprint density at radius 2 is 1.87 bits per heavy atom. The van der Waals surface area contributed by atoms with Gasteiger partial charge < -0.3 is 31.7 Å². The summed E-state index contributed by atoms with van der Waals surface area (Å²) in [5.41, 5.74) is 6.73. The monoisotopic (exact) mass is 461 g/mol. The van der Waals surface area contributed by atoms with Crippen LogP contribution >= 0.6 is 13.5 Å². The first-order valence-corrected chi connectivity index (χ1v) is 9.30. The molecule has 0 unspecified atom stereocenters. The third kappa shape index (κ3) is 8.70. The molecule has 1 saturated carbocycles. The molecule has 8 N–H and O–H groups in total. The zero-order valence-corrected chi connectivity index (χ0v) is 18.0. The summed E-state index contributed by atoms with van der Waals surface area (Å²) in [5.74, 6) is 0.354. The highest BCUT2D eigenvalue weighted by Gasteiger charge is 2.22. The molecule has 0 aliphatic heterocycles. The fourth-order valence-electron chi connectivity index (χ4n) is 3.38. The summed E-state index contributed by atoms with van der Waals surface area (Å²) in [6, 6.07) is 9.22. The number of nitrogens with one attached hydrogen (secondary N) is 2. The van der Waals surface area contributed by atoms with Crippen LogP contribution in [0.4, 0.5) is 16.1 Å². The van der Waals surface area contributed by atoms with Crippen LogP contribution in [-0.4, -0.2) is 40.6 Å². The Balaban J connectivity index is -0.000000512. The molecular formula is C21H40FN5O3S. The number of benzene rings is 1. The molecule has 0 bridgehead atoms. The number of hydrogen-bond acceptors (Lipinski definition) is 6. The van der Waals surface area contributed by atoms with E-state index in [1.165, 1.54) is 19.2 Å². The van der Waals surface area contributed by atoms with E-state index in [1.54, 1.807) is 12.3 Å². The number of aromatic nitrogens is 2. The van der Waals surface area contributed by atoms with Gasteiger partial charge in [0.25, 0.3) is 6.01 Å². The van der Waals surface area contributed by atoms with Crippen molar-refractivity contribution in [3.63, 3.8) is 0 Å². The number of rotatable bonds is 5. The van der Waals surface area contributed by atoms with Gasteiger partial charge in [0.1, 0.15) is 11.3 Å². The van der Waals surface area contributed by atoms with Crippen molar-refractivity contribution >= 4 is 36.3 Å². The van der Waals surface area contributed by atoms with Gasteiger partial charge in [0, 0.05) is 33.9 Å². The minimum absolute atomic E-state index is 0. The average molecular weight is 462 g/mol. The molecular weight excluding hydrogens is 421 g/mol. The number of nitrogens with zero attached hydrogens (tertiary/aromatic N) is 2. The molecule has 180 valence electrons. The minimum atomic E-state index is -0.308. The maximum Gasteiger partial charge on any atom is 0.295 e. The summed E-state index contributed by atoms with van der Waals surface area (Å²) in [6.45, 7) is 0.973. The van der Waals surface area contributed by atoms with E-state index >= 15 is 0 Å². The maximum atomic E-state index is 13.2. The first-order valence-electron chi connectivity index (χ1n) is 9.30. The number of hydrogen-bond donors (Lipinski definition) is 3. The predicted octanol–water partition coefficient (Wildman–Crippen LogP) is 3.61. The molecule has 1 fully saturated rings. The van der Waals surface area contributed by atoms with Gasteiger partial charge in [-0.1, -0.05) is 7.43 Å². The van der Waals surface area contributed by atoms with Crippen molar-refractivity contribution in [2.24, 2.45) is 11.7 Å². The van der Waals surface area contributed by atoms with E-state index in [4.69, 9.17) is 4.42 Å². The lowest BCUT2D eigenvalue weighted by molar-refractivity contribution is 0.347. The molecule has 2 aromatic heterocycles. The van der Waals surface area contributed by atoms with Crippen LogP contribution in [0.1, 0.15) is 36.0 Å². The van der Waals surface area contributed by atoms with Crippen molar-refractivity contribution in [1.29, 1.82) is 0 Å². The van der Waals surface area contributed by atoms with E-state index in [1.807, 2.05) is 18.3 Å². The van der Waals surface area contributed by atoms with Crippen molar-refractivity contribution in [2.45, 2.75) is 39.2 Å². The molecule has 0 amide bonds. The lowest BCUT2D eigenvalue weighted by Gasteiger charge is -2.28. The highest BCUT2D eigenvalue weighted by Crippen LogP contribution is 2.28. The molecule has 0 atom stereocenters. The number of halogens is 1. The Labute approximate surface area is 192 Å². The summed E-state index contributed by atoms with van der Waals surface area (Å²) < 4.78 is 18.8. The summed E-state index contributed by atoms with van der Waals surface area (Å²) in [6.07, 6.45) is 8.09. The first kappa shape index (κ1) is 30.8. The zero-order valence-electron chi connectivity index (χ0n) is 17.0.